The van der Waals surface area contributed by atoms with Gasteiger partial charge in [0.15, 0.2) is 0 Å². The molecule has 3 aliphatic carbocycles. The zero-order valence-corrected chi connectivity index (χ0v) is 14.3. The predicted octanol–water partition coefficient (Wildman–Crippen LogP) is 4.88. The van der Waals surface area contributed by atoms with Gasteiger partial charge in [0, 0.05) is 12.8 Å². The van der Waals surface area contributed by atoms with Crippen LogP contribution in [0.1, 0.15) is 11.1 Å². The summed E-state index contributed by atoms with van der Waals surface area (Å²) in [7, 11) is 0. The van der Waals surface area contributed by atoms with Gasteiger partial charge in [-0.2, -0.15) is 23.6 Å². The Bertz CT molecular complexity index is 413. The Hall–Kier alpha value is -1.07. The molecular weight excluding hydrogens is 319 g/mol. The van der Waals surface area contributed by atoms with Gasteiger partial charge < -0.3 is 7.43 Å². The van der Waals surface area contributed by atoms with E-state index < -0.39 is 0 Å². The van der Waals surface area contributed by atoms with E-state index >= 15 is 0 Å². The van der Waals surface area contributed by atoms with Crippen molar-refractivity contribution in [1.29, 1.82) is 0 Å². The fraction of sp³-hybridized carbons (Fsp3) is 0.0526. The second-order valence-corrected chi connectivity index (χ2v) is 4.03. The molecule has 1 aromatic rings. The molecule has 0 saturated heterocycles. The molecule has 0 unspecified atom stereocenters. The molecule has 0 aromatic heterocycles. The van der Waals surface area contributed by atoms with Crippen molar-refractivity contribution in [2.75, 3.05) is 0 Å². The average molecular weight is 340 g/mol. The third kappa shape index (κ3) is 6.91. The second-order valence-electron chi connectivity index (χ2n) is 4.03. The summed E-state index contributed by atoms with van der Waals surface area (Å²) < 4.78 is 0. The van der Waals surface area contributed by atoms with Crippen molar-refractivity contribution in [2.45, 2.75) is 6.42 Å². The minimum absolute atomic E-state index is 0. The molecule has 0 fully saturated rings. The third-order valence-corrected chi connectivity index (χ3v) is 2.71. The van der Waals surface area contributed by atoms with Gasteiger partial charge in [0.1, 0.15) is 0 Å². The standard InChI is InChI=1S/C8H7.2C5H5.CH3.Zr/c1-2-4-8-6-5-7(8)3-1;2*1-2-4-5-3-1;;/h1-5H,6H2;2*1-5H;1H3;/q-1;;;-1;+2. The minimum Gasteiger partial charge on any atom is -0.358 e. The molecule has 2 radical (unpaired) electrons. The molecular formula is C19H20Zr. The maximum atomic E-state index is 2.25. The smallest absolute Gasteiger partial charge is 0.358 e. The molecule has 0 atom stereocenters. The molecule has 1 heteroatoms. The first-order valence-electron chi connectivity index (χ1n) is 6.21. The summed E-state index contributed by atoms with van der Waals surface area (Å²) >= 11 is 0. The Balaban J connectivity index is 0.000000269. The molecule has 1 aromatic carbocycles. The zero-order chi connectivity index (χ0) is 12.5. The van der Waals surface area contributed by atoms with E-state index in [9.17, 15) is 0 Å². The van der Waals surface area contributed by atoms with Crippen molar-refractivity contribution in [3.8, 4) is 0 Å². The Morgan fingerprint density at radius 1 is 0.700 bits per heavy atom. The van der Waals surface area contributed by atoms with Gasteiger partial charge in [0.2, 0.25) is 0 Å². The minimum atomic E-state index is 0. The topological polar surface area (TPSA) is 0 Å². The summed E-state index contributed by atoms with van der Waals surface area (Å²) in [6.45, 7) is 0. The van der Waals surface area contributed by atoms with Crippen LogP contribution in [0.2, 0.25) is 0 Å². The van der Waals surface area contributed by atoms with Crippen molar-refractivity contribution in [3.63, 3.8) is 0 Å². The largest absolute Gasteiger partial charge is 2.00 e. The van der Waals surface area contributed by atoms with Crippen LogP contribution in [0.4, 0.5) is 0 Å². The summed E-state index contributed by atoms with van der Waals surface area (Å²) in [6.07, 6.45) is 23.4. The fourth-order valence-corrected chi connectivity index (χ4v) is 1.65. The van der Waals surface area contributed by atoms with Gasteiger partial charge in [0.25, 0.3) is 0 Å². The van der Waals surface area contributed by atoms with Crippen molar-refractivity contribution in [3.05, 3.63) is 111 Å². The first kappa shape index (κ1) is 18.9. The van der Waals surface area contributed by atoms with Crippen LogP contribution in [0, 0.1) is 26.7 Å². The first-order chi connectivity index (χ1) is 8.97. The Labute approximate surface area is 143 Å². The second kappa shape index (κ2) is 11.7. The van der Waals surface area contributed by atoms with E-state index in [0.29, 0.717) is 0 Å². The Morgan fingerprint density at radius 2 is 1.20 bits per heavy atom. The molecule has 0 amide bonds. The van der Waals surface area contributed by atoms with E-state index in [1.165, 1.54) is 17.5 Å². The Kier molecular flexibility index (Phi) is 11.1. The van der Waals surface area contributed by atoms with Crippen molar-refractivity contribution >= 4 is 0 Å². The van der Waals surface area contributed by atoms with Crippen LogP contribution in [-0.4, -0.2) is 0 Å². The quantitative estimate of drug-likeness (QED) is 0.591. The van der Waals surface area contributed by atoms with Gasteiger partial charge in [-0.25, -0.2) is 0 Å². The van der Waals surface area contributed by atoms with Crippen LogP contribution in [0.3, 0.4) is 0 Å². The molecule has 4 rings (SSSR count). The molecule has 20 heavy (non-hydrogen) atoms. The van der Waals surface area contributed by atoms with E-state index in [4.69, 9.17) is 0 Å². The molecule has 0 spiro atoms. The zero-order valence-electron chi connectivity index (χ0n) is 11.9. The third-order valence-electron chi connectivity index (χ3n) is 2.71. The average Bonchev–Trinajstić information content (AvgIpc) is 3.10. The van der Waals surface area contributed by atoms with E-state index in [-0.39, 0.29) is 33.6 Å². The molecule has 0 aliphatic heterocycles. The summed E-state index contributed by atoms with van der Waals surface area (Å²) in [5.41, 5.74) is 2.92. The number of hydrogen-bond donors (Lipinski definition) is 0. The molecule has 100 valence electrons. The van der Waals surface area contributed by atoms with Gasteiger partial charge in [-0.15, -0.1) is 18.6 Å². The van der Waals surface area contributed by atoms with Gasteiger partial charge in [-0.1, -0.05) is 54.7 Å². The summed E-state index contributed by atoms with van der Waals surface area (Å²) in [5, 5.41) is 0. The SMILES string of the molecule is [CH3-].[CH]1C=CC=C1.[CH]1C=CC=C1.[Zr+2].c1ccc2c(c1)[CH-]C2. The van der Waals surface area contributed by atoms with Crippen LogP contribution < -0.4 is 0 Å². The maximum absolute atomic E-state index is 2.25. The summed E-state index contributed by atoms with van der Waals surface area (Å²) in [5.74, 6) is 0. The summed E-state index contributed by atoms with van der Waals surface area (Å²) in [4.78, 5) is 0. The van der Waals surface area contributed by atoms with Gasteiger partial charge in [-0.05, 0) is 0 Å². The van der Waals surface area contributed by atoms with Crippen LogP contribution in [-0.2, 0) is 32.6 Å². The molecule has 0 nitrogen and oxygen atoms in total. The van der Waals surface area contributed by atoms with Gasteiger partial charge in [0.05, 0.1) is 0 Å². The molecule has 0 bridgehead atoms. The van der Waals surface area contributed by atoms with Crippen molar-refractivity contribution in [2.24, 2.45) is 0 Å². The van der Waals surface area contributed by atoms with E-state index in [1.807, 2.05) is 61.4 Å². The number of allylic oxidation sites excluding steroid dienone is 8. The predicted molar refractivity (Wildman–Crippen MR) is 85.1 cm³/mol. The van der Waals surface area contributed by atoms with Crippen LogP contribution >= 0.6 is 0 Å². The first-order valence-corrected chi connectivity index (χ1v) is 6.21. The van der Waals surface area contributed by atoms with Crippen LogP contribution in [0.15, 0.2) is 72.9 Å². The normalized spacial score (nSPS) is 14.2. The molecule has 3 aliphatic rings. The maximum Gasteiger partial charge on any atom is 2.00 e. The van der Waals surface area contributed by atoms with Crippen molar-refractivity contribution in [1.82, 2.24) is 0 Å². The number of rotatable bonds is 0. The van der Waals surface area contributed by atoms with Crippen LogP contribution in [0.25, 0.3) is 0 Å². The fourth-order valence-electron chi connectivity index (χ4n) is 1.65. The number of hydrogen-bond acceptors (Lipinski definition) is 0. The molecule has 0 N–H and O–H groups in total. The van der Waals surface area contributed by atoms with E-state index in [2.05, 4.69) is 30.7 Å². The Morgan fingerprint density at radius 3 is 1.40 bits per heavy atom. The molecule has 0 heterocycles. The number of benzene rings is 1. The van der Waals surface area contributed by atoms with Gasteiger partial charge in [-0.3, -0.25) is 0 Å². The molecule has 0 saturated carbocycles. The monoisotopic (exact) mass is 338 g/mol. The van der Waals surface area contributed by atoms with Crippen molar-refractivity contribution < 1.29 is 26.2 Å². The number of fused-ring (bicyclic) bond motifs is 1. The summed E-state index contributed by atoms with van der Waals surface area (Å²) in [6, 6.07) is 8.49. The van der Waals surface area contributed by atoms with Gasteiger partial charge >= 0.3 is 26.2 Å². The van der Waals surface area contributed by atoms with Crippen LogP contribution in [0.5, 0.6) is 0 Å². The van der Waals surface area contributed by atoms with E-state index in [1.54, 1.807) is 0 Å². The van der Waals surface area contributed by atoms with E-state index in [0.717, 1.165) is 0 Å².